The molecule has 0 saturated carbocycles. The summed E-state index contributed by atoms with van der Waals surface area (Å²) in [7, 11) is 0. The van der Waals surface area contributed by atoms with Gasteiger partial charge < -0.3 is 4.98 Å². The lowest BCUT2D eigenvalue weighted by Gasteiger charge is -2.02. The van der Waals surface area contributed by atoms with Crippen LogP contribution in [0.25, 0.3) is 22.2 Å². The number of nitrogens with zero attached hydrogens (tertiary/aromatic N) is 2. The van der Waals surface area contributed by atoms with E-state index in [2.05, 4.69) is 50.5 Å². The lowest BCUT2D eigenvalue weighted by atomic mass is 10.0. The van der Waals surface area contributed by atoms with Crippen LogP contribution >= 0.6 is 0 Å². The van der Waals surface area contributed by atoms with Gasteiger partial charge in [0.1, 0.15) is 5.65 Å². The summed E-state index contributed by atoms with van der Waals surface area (Å²) in [5, 5.41) is 8.00. The van der Waals surface area contributed by atoms with E-state index in [1.54, 1.807) is 0 Å². The predicted octanol–water partition coefficient (Wildman–Crippen LogP) is 3.54. The molecule has 4 heteroatoms. The second-order valence-corrected chi connectivity index (χ2v) is 5.09. The van der Waals surface area contributed by atoms with E-state index in [0.29, 0.717) is 0 Å². The van der Waals surface area contributed by atoms with Gasteiger partial charge in [0.25, 0.3) is 0 Å². The third-order valence-electron chi connectivity index (χ3n) is 3.65. The van der Waals surface area contributed by atoms with Crippen molar-refractivity contribution < 1.29 is 0 Å². The summed E-state index contributed by atoms with van der Waals surface area (Å²) in [5.41, 5.74) is 5.60. The Morgan fingerprint density at radius 1 is 0.952 bits per heavy atom. The zero-order valence-corrected chi connectivity index (χ0v) is 11.4. The summed E-state index contributed by atoms with van der Waals surface area (Å²) in [6, 6.07) is 12.6. The maximum atomic E-state index is 4.52. The molecule has 0 fully saturated rings. The number of pyridine rings is 1. The molecule has 0 spiro atoms. The Hall–Kier alpha value is -2.88. The van der Waals surface area contributed by atoms with E-state index in [4.69, 9.17) is 0 Å². The first kappa shape index (κ1) is 11.9. The Kier molecular flexibility index (Phi) is 2.78. The van der Waals surface area contributed by atoms with Gasteiger partial charge in [0.15, 0.2) is 0 Å². The molecule has 3 aromatic heterocycles. The zero-order valence-electron chi connectivity index (χ0n) is 11.4. The highest BCUT2D eigenvalue weighted by Crippen LogP contribution is 2.27. The summed E-state index contributed by atoms with van der Waals surface area (Å²) in [6.07, 6.45) is 8.53. The summed E-state index contributed by atoms with van der Waals surface area (Å²) >= 11 is 0. The minimum atomic E-state index is 0.889. The maximum Gasteiger partial charge on any atom is 0.137 e. The van der Waals surface area contributed by atoms with Crippen molar-refractivity contribution >= 4 is 11.0 Å². The van der Waals surface area contributed by atoms with Crippen molar-refractivity contribution in [3.05, 3.63) is 72.3 Å². The van der Waals surface area contributed by atoms with Gasteiger partial charge in [0.2, 0.25) is 0 Å². The highest BCUT2D eigenvalue weighted by atomic mass is 15.1. The minimum absolute atomic E-state index is 0.889. The fourth-order valence-electron chi connectivity index (χ4n) is 2.61. The van der Waals surface area contributed by atoms with Crippen LogP contribution in [0.15, 0.2) is 61.2 Å². The van der Waals surface area contributed by atoms with E-state index in [1.165, 1.54) is 11.1 Å². The molecule has 102 valence electrons. The van der Waals surface area contributed by atoms with Crippen molar-refractivity contribution in [2.24, 2.45) is 0 Å². The van der Waals surface area contributed by atoms with Crippen LogP contribution in [-0.4, -0.2) is 20.2 Å². The largest absolute Gasteiger partial charge is 0.346 e. The third kappa shape index (κ3) is 2.21. The molecule has 0 unspecified atom stereocenters. The van der Waals surface area contributed by atoms with Gasteiger partial charge in [-0.2, -0.15) is 5.10 Å². The van der Waals surface area contributed by atoms with Gasteiger partial charge in [-0.1, -0.05) is 30.3 Å². The number of benzene rings is 1. The van der Waals surface area contributed by atoms with E-state index >= 15 is 0 Å². The standard InChI is InChI=1S/C17H14N4/c1-2-4-12(5-3-1)6-13-7-15-16(14-9-20-21-10-14)11-19-17(15)18-8-13/h1-5,7-11H,6H2,(H,18,19)(H,20,21). The Bertz CT molecular complexity index is 860. The molecule has 0 bridgehead atoms. The normalized spacial score (nSPS) is 11.0. The van der Waals surface area contributed by atoms with Crippen molar-refractivity contribution in [1.82, 2.24) is 20.2 Å². The Labute approximate surface area is 121 Å². The molecule has 0 atom stereocenters. The molecular weight excluding hydrogens is 260 g/mol. The number of H-pyrrole nitrogens is 2. The second-order valence-electron chi connectivity index (χ2n) is 5.09. The third-order valence-corrected chi connectivity index (χ3v) is 3.65. The molecule has 3 heterocycles. The van der Waals surface area contributed by atoms with Crippen LogP contribution in [0.5, 0.6) is 0 Å². The van der Waals surface area contributed by atoms with Crippen molar-refractivity contribution in [3.63, 3.8) is 0 Å². The van der Waals surface area contributed by atoms with Gasteiger partial charge in [0.05, 0.1) is 6.20 Å². The van der Waals surface area contributed by atoms with Gasteiger partial charge in [-0.25, -0.2) is 4.98 Å². The summed E-state index contributed by atoms with van der Waals surface area (Å²) < 4.78 is 0. The molecule has 1 aromatic carbocycles. The number of aromatic nitrogens is 4. The van der Waals surface area contributed by atoms with Crippen LogP contribution < -0.4 is 0 Å². The van der Waals surface area contributed by atoms with Gasteiger partial charge in [0, 0.05) is 35.1 Å². The fourth-order valence-corrected chi connectivity index (χ4v) is 2.61. The lowest BCUT2D eigenvalue weighted by molar-refractivity contribution is 1.09. The molecule has 0 saturated heterocycles. The van der Waals surface area contributed by atoms with Gasteiger partial charge in [-0.15, -0.1) is 0 Å². The molecule has 2 N–H and O–H groups in total. The summed E-state index contributed by atoms with van der Waals surface area (Å²) in [4.78, 5) is 7.74. The number of aromatic amines is 2. The SMILES string of the molecule is c1ccc(Cc2cnc3[nH]cc(-c4cn[nH]c4)c3c2)cc1. The highest BCUT2D eigenvalue weighted by molar-refractivity contribution is 5.93. The van der Waals surface area contributed by atoms with Crippen LogP contribution in [-0.2, 0) is 6.42 Å². The first-order valence-corrected chi connectivity index (χ1v) is 6.89. The molecule has 0 amide bonds. The minimum Gasteiger partial charge on any atom is -0.346 e. The molecule has 21 heavy (non-hydrogen) atoms. The second kappa shape index (κ2) is 4.90. The molecule has 0 aliphatic rings. The number of hydrogen-bond acceptors (Lipinski definition) is 2. The quantitative estimate of drug-likeness (QED) is 0.600. The Morgan fingerprint density at radius 3 is 2.67 bits per heavy atom. The lowest BCUT2D eigenvalue weighted by Crippen LogP contribution is -1.89. The van der Waals surface area contributed by atoms with E-state index in [-0.39, 0.29) is 0 Å². The average molecular weight is 274 g/mol. The zero-order chi connectivity index (χ0) is 14.1. The molecule has 4 rings (SSSR count). The Balaban J connectivity index is 1.77. The first-order chi connectivity index (χ1) is 10.4. The average Bonchev–Trinajstić information content (AvgIpc) is 3.16. The number of nitrogens with one attached hydrogen (secondary N) is 2. The molecule has 4 aromatic rings. The van der Waals surface area contributed by atoms with E-state index < -0.39 is 0 Å². The molecule has 0 aliphatic heterocycles. The fraction of sp³-hybridized carbons (Fsp3) is 0.0588. The van der Waals surface area contributed by atoms with Crippen LogP contribution in [0.2, 0.25) is 0 Å². The van der Waals surface area contributed by atoms with Gasteiger partial charge in [-0.3, -0.25) is 5.10 Å². The van der Waals surface area contributed by atoms with Gasteiger partial charge >= 0.3 is 0 Å². The van der Waals surface area contributed by atoms with Crippen molar-refractivity contribution in [2.45, 2.75) is 6.42 Å². The van der Waals surface area contributed by atoms with Gasteiger partial charge in [-0.05, 0) is 23.6 Å². The Morgan fingerprint density at radius 2 is 1.86 bits per heavy atom. The van der Waals surface area contributed by atoms with Crippen LogP contribution in [0.1, 0.15) is 11.1 Å². The smallest absolute Gasteiger partial charge is 0.137 e. The van der Waals surface area contributed by atoms with Crippen LogP contribution in [0.4, 0.5) is 0 Å². The van der Waals surface area contributed by atoms with E-state index in [0.717, 1.165) is 28.6 Å². The molecular formula is C17H14N4. The van der Waals surface area contributed by atoms with Crippen molar-refractivity contribution in [2.75, 3.05) is 0 Å². The highest BCUT2D eigenvalue weighted by Gasteiger charge is 2.09. The van der Waals surface area contributed by atoms with Crippen molar-refractivity contribution in [1.29, 1.82) is 0 Å². The topological polar surface area (TPSA) is 57.4 Å². The predicted molar refractivity (Wildman–Crippen MR) is 82.9 cm³/mol. The monoisotopic (exact) mass is 274 g/mol. The summed E-state index contributed by atoms with van der Waals surface area (Å²) in [5.74, 6) is 0. The first-order valence-electron chi connectivity index (χ1n) is 6.89. The van der Waals surface area contributed by atoms with Crippen LogP contribution in [0.3, 0.4) is 0 Å². The molecule has 4 nitrogen and oxygen atoms in total. The van der Waals surface area contributed by atoms with Crippen molar-refractivity contribution in [3.8, 4) is 11.1 Å². The molecule has 0 radical (unpaired) electrons. The molecule has 0 aliphatic carbocycles. The number of hydrogen-bond donors (Lipinski definition) is 2. The number of rotatable bonds is 3. The van der Waals surface area contributed by atoms with Crippen LogP contribution in [0, 0.1) is 0 Å². The maximum absolute atomic E-state index is 4.52. The summed E-state index contributed by atoms with van der Waals surface area (Å²) in [6.45, 7) is 0. The van der Waals surface area contributed by atoms with E-state index in [9.17, 15) is 0 Å². The number of fused-ring (bicyclic) bond motifs is 1. The van der Waals surface area contributed by atoms with E-state index in [1.807, 2.05) is 30.9 Å².